The summed E-state index contributed by atoms with van der Waals surface area (Å²) in [5, 5.41) is 0. The van der Waals surface area contributed by atoms with Crippen LogP contribution in [0.5, 0.6) is 0 Å². The van der Waals surface area contributed by atoms with E-state index in [0.29, 0.717) is 6.42 Å². The number of ketones is 1. The van der Waals surface area contributed by atoms with E-state index in [-0.39, 0.29) is 11.2 Å². The molecule has 1 aromatic rings. The quantitative estimate of drug-likeness (QED) is 0.658. The highest BCUT2D eigenvalue weighted by molar-refractivity contribution is 5.99. The monoisotopic (exact) mass is 282 g/mol. The standard InChI is InChI=1S/C20H26O/c1-13-11-16(15(3)14(13)2)12-19(21)17-9-7-8-10-18(17)20(4,5)6/h7-10H,11-12H2,1-6H3. The fourth-order valence-corrected chi connectivity index (χ4v) is 3.03. The van der Waals surface area contributed by atoms with Gasteiger partial charge < -0.3 is 0 Å². The molecule has 0 radical (unpaired) electrons. The SMILES string of the molecule is CC1=C(C)C(C)=C(CC(=O)c2ccccc2C(C)(C)C)C1. The summed E-state index contributed by atoms with van der Waals surface area (Å²) in [6, 6.07) is 8.04. The molecular weight excluding hydrogens is 256 g/mol. The van der Waals surface area contributed by atoms with Crippen molar-refractivity contribution in [1.82, 2.24) is 0 Å². The van der Waals surface area contributed by atoms with Crippen molar-refractivity contribution in [1.29, 1.82) is 0 Å². The van der Waals surface area contributed by atoms with Gasteiger partial charge in [0.25, 0.3) is 0 Å². The van der Waals surface area contributed by atoms with Gasteiger partial charge in [-0.3, -0.25) is 4.79 Å². The van der Waals surface area contributed by atoms with Crippen molar-refractivity contribution in [3.05, 3.63) is 57.7 Å². The largest absolute Gasteiger partial charge is 0.294 e. The summed E-state index contributed by atoms with van der Waals surface area (Å²) in [4.78, 5) is 12.8. The maximum absolute atomic E-state index is 12.8. The third kappa shape index (κ3) is 3.18. The molecule has 1 heteroatoms. The van der Waals surface area contributed by atoms with Crippen LogP contribution < -0.4 is 0 Å². The lowest BCUT2D eigenvalue weighted by atomic mass is 9.82. The highest BCUT2D eigenvalue weighted by atomic mass is 16.1. The zero-order valence-corrected chi connectivity index (χ0v) is 14.1. The molecule has 0 aromatic heterocycles. The Hall–Kier alpha value is -1.63. The van der Waals surface area contributed by atoms with Gasteiger partial charge in [-0.1, -0.05) is 56.2 Å². The molecule has 2 rings (SSSR count). The van der Waals surface area contributed by atoms with Gasteiger partial charge in [0.15, 0.2) is 5.78 Å². The zero-order chi connectivity index (χ0) is 15.8. The maximum atomic E-state index is 12.8. The average molecular weight is 282 g/mol. The average Bonchev–Trinajstić information content (AvgIpc) is 2.65. The highest BCUT2D eigenvalue weighted by Gasteiger charge is 2.23. The van der Waals surface area contributed by atoms with Crippen molar-refractivity contribution >= 4 is 5.78 Å². The third-order valence-corrected chi connectivity index (χ3v) is 4.62. The van der Waals surface area contributed by atoms with Gasteiger partial charge in [-0.25, -0.2) is 0 Å². The summed E-state index contributed by atoms with van der Waals surface area (Å²) < 4.78 is 0. The van der Waals surface area contributed by atoms with E-state index in [0.717, 1.165) is 17.5 Å². The molecule has 1 aromatic carbocycles. The number of allylic oxidation sites excluding steroid dienone is 4. The van der Waals surface area contributed by atoms with Gasteiger partial charge >= 0.3 is 0 Å². The van der Waals surface area contributed by atoms with Crippen molar-refractivity contribution in [2.45, 2.75) is 59.8 Å². The molecule has 0 saturated carbocycles. The molecule has 1 aliphatic carbocycles. The van der Waals surface area contributed by atoms with Crippen LogP contribution in [0.3, 0.4) is 0 Å². The van der Waals surface area contributed by atoms with Crippen LogP contribution in [0.15, 0.2) is 46.6 Å². The third-order valence-electron chi connectivity index (χ3n) is 4.62. The van der Waals surface area contributed by atoms with E-state index in [1.165, 1.54) is 22.3 Å². The number of hydrogen-bond donors (Lipinski definition) is 0. The predicted octanol–water partition coefficient (Wildman–Crippen LogP) is 5.61. The van der Waals surface area contributed by atoms with E-state index >= 15 is 0 Å². The molecule has 21 heavy (non-hydrogen) atoms. The van der Waals surface area contributed by atoms with Crippen molar-refractivity contribution in [3.63, 3.8) is 0 Å². The Bertz CT molecular complexity index is 636. The first-order valence-corrected chi connectivity index (χ1v) is 7.70. The molecule has 0 unspecified atom stereocenters. The minimum absolute atomic E-state index is 0.00453. The Morgan fingerprint density at radius 3 is 2.19 bits per heavy atom. The highest BCUT2D eigenvalue weighted by Crippen LogP contribution is 2.35. The van der Waals surface area contributed by atoms with Crippen LogP contribution in [0.2, 0.25) is 0 Å². The molecule has 0 heterocycles. The Balaban J connectivity index is 2.28. The number of rotatable bonds is 3. The summed E-state index contributed by atoms with van der Waals surface area (Å²) in [5.74, 6) is 0.248. The lowest BCUT2D eigenvalue weighted by Crippen LogP contribution is -2.17. The molecule has 0 N–H and O–H groups in total. The van der Waals surface area contributed by atoms with Crippen LogP contribution in [0.4, 0.5) is 0 Å². The molecule has 1 nitrogen and oxygen atoms in total. The van der Waals surface area contributed by atoms with E-state index in [1.807, 2.05) is 18.2 Å². The lowest BCUT2D eigenvalue weighted by molar-refractivity contribution is 0.0990. The van der Waals surface area contributed by atoms with Gasteiger partial charge in [0, 0.05) is 12.0 Å². The molecule has 0 fully saturated rings. The van der Waals surface area contributed by atoms with Crippen molar-refractivity contribution in [3.8, 4) is 0 Å². The first-order chi connectivity index (χ1) is 9.71. The Kier molecular flexibility index (Phi) is 4.22. The van der Waals surface area contributed by atoms with Gasteiger partial charge in [-0.15, -0.1) is 0 Å². The van der Waals surface area contributed by atoms with Gasteiger partial charge in [-0.2, -0.15) is 0 Å². The van der Waals surface area contributed by atoms with E-state index in [4.69, 9.17) is 0 Å². The summed E-state index contributed by atoms with van der Waals surface area (Å²) in [6.45, 7) is 13.0. The van der Waals surface area contributed by atoms with E-state index < -0.39 is 0 Å². The van der Waals surface area contributed by atoms with Gasteiger partial charge in [0.05, 0.1) is 0 Å². The Morgan fingerprint density at radius 1 is 1.05 bits per heavy atom. The second-order valence-corrected chi connectivity index (χ2v) is 7.21. The smallest absolute Gasteiger partial charge is 0.167 e. The fourth-order valence-electron chi connectivity index (χ4n) is 3.03. The van der Waals surface area contributed by atoms with Gasteiger partial charge in [0.1, 0.15) is 0 Å². The van der Waals surface area contributed by atoms with E-state index in [9.17, 15) is 4.79 Å². The molecule has 0 saturated heterocycles. The maximum Gasteiger partial charge on any atom is 0.167 e. The predicted molar refractivity (Wildman–Crippen MR) is 89.8 cm³/mol. The molecule has 0 spiro atoms. The minimum atomic E-state index is -0.00453. The second kappa shape index (κ2) is 5.63. The fraction of sp³-hybridized carbons (Fsp3) is 0.450. The normalized spacial score (nSPS) is 15.9. The summed E-state index contributed by atoms with van der Waals surface area (Å²) in [6.07, 6.45) is 1.51. The summed E-state index contributed by atoms with van der Waals surface area (Å²) in [7, 11) is 0. The van der Waals surface area contributed by atoms with Gasteiger partial charge in [-0.05, 0) is 49.3 Å². The second-order valence-electron chi connectivity index (χ2n) is 7.21. The number of carbonyl (C=O) groups is 1. The first-order valence-electron chi connectivity index (χ1n) is 7.70. The van der Waals surface area contributed by atoms with E-state index in [1.54, 1.807) is 0 Å². The molecule has 0 atom stereocenters. The molecular formula is C20H26O. The van der Waals surface area contributed by atoms with Crippen molar-refractivity contribution < 1.29 is 4.79 Å². The molecule has 0 bridgehead atoms. The molecule has 1 aliphatic rings. The number of hydrogen-bond acceptors (Lipinski definition) is 1. The molecule has 0 amide bonds. The van der Waals surface area contributed by atoms with Gasteiger partial charge in [0.2, 0.25) is 0 Å². The van der Waals surface area contributed by atoms with Crippen LogP contribution >= 0.6 is 0 Å². The first kappa shape index (κ1) is 15.8. The van der Waals surface area contributed by atoms with Crippen LogP contribution in [-0.2, 0) is 5.41 Å². The van der Waals surface area contributed by atoms with Crippen molar-refractivity contribution in [2.24, 2.45) is 0 Å². The van der Waals surface area contributed by atoms with Crippen LogP contribution in [0.25, 0.3) is 0 Å². The zero-order valence-electron chi connectivity index (χ0n) is 14.1. The molecule has 112 valence electrons. The number of carbonyl (C=O) groups excluding carboxylic acids is 1. The lowest BCUT2D eigenvalue weighted by Gasteiger charge is -2.22. The van der Waals surface area contributed by atoms with Crippen molar-refractivity contribution in [2.75, 3.05) is 0 Å². The topological polar surface area (TPSA) is 17.1 Å². The minimum Gasteiger partial charge on any atom is -0.294 e. The van der Waals surface area contributed by atoms with Crippen LogP contribution in [0.1, 0.15) is 70.3 Å². The number of benzene rings is 1. The van der Waals surface area contributed by atoms with E-state index in [2.05, 4.69) is 47.6 Å². The molecule has 0 aliphatic heterocycles. The number of Topliss-reactive ketones (excluding diaryl/α,β-unsaturated/α-hetero) is 1. The van der Waals surface area contributed by atoms with Crippen LogP contribution in [-0.4, -0.2) is 5.78 Å². The summed E-state index contributed by atoms with van der Waals surface area (Å²) in [5.41, 5.74) is 7.39. The summed E-state index contributed by atoms with van der Waals surface area (Å²) >= 11 is 0. The van der Waals surface area contributed by atoms with Crippen LogP contribution in [0, 0.1) is 0 Å². The Morgan fingerprint density at radius 2 is 1.67 bits per heavy atom. The Labute approximate surface area is 128 Å².